The Bertz CT molecular complexity index is 521. The number of fused-ring (bicyclic) bond motifs is 1. The van der Waals surface area contributed by atoms with E-state index in [1.165, 1.54) is 42.5 Å². The van der Waals surface area contributed by atoms with E-state index in [2.05, 4.69) is 46.7 Å². The summed E-state index contributed by atoms with van der Waals surface area (Å²) in [6.45, 7) is 6.73. The maximum absolute atomic E-state index is 4.46. The van der Waals surface area contributed by atoms with Crippen molar-refractivity contribution in [1.29, 1.82) is 0 Å². The van der Waals surface area contributed by atoms with E-state index < -0.39 is 0 Å². The van der Waals surface area contributed by atoms with Crippen molar-refractivity contribution >= 4 is 16.6 Å². The number of hydrogen-bond acceptors (Lipinski definition) is 2. The Morgan fingerprint density at radius 3 is 2.65 bits per heavy atom. The Balaban J connectivity index is 2.02. The van der Waals surface area contributed by atoms with Gasteiger partial charge < -0.3 is 4.90 Å². The second kappa shape index (κ2) is 4.06. The van der Waals surface area contributed by atoms with Crippen molar-refractivity contribution in [1.82, 2.24) is 9.78 Å². The van der Waals surface area contributed by atoms with E-state index in [4.69, 9.17) is 0 Å². The number of anilines is 1. The van der Waals surface area contributed by atoms with Crippen LogP contribution in [0.2, 0.25) is 0 Å². The van der Waals surface area contributed by atoms with Crippen molar-refractivity contribution in [3.05, 3.63) is 24.4 Å². The molecule has 0 atom stereocenters. The fraction of sp³-hybridized carbons (Fsp3) is 0.500. The highest BCUT2D eigenvalue weighted by Gasteiger charge is 2.13. The minimum atomic E-state index is 0.421. The molecule has 3 rings (SSSR count). The average Bonchev–Trinajstić information content (AvgIpc) is 2.97. The van der Waals surface area contributed by atoms with Crippen LogP contribution in [0.25, 0.3) is 10.9 Å². The molecule has 1 aromatic heterocycles. The lowest BCUT2D eigenvalue weighted by Crippen LogP contribution is -2.17. The van der Waals surface area contributed by atoms with Crippen molar-refractivity contribution in [2.45, 2.75) is 32.7 Å². The van der Waals surface area contributed by atoms with E-state index in [-0.39, 0.29) is 0 Å². The normalized spacial score (nSPS) is 16.3. The van der Waals surface area contributed by atoms with Gasteiger partial charge in [0.15, 0.2) is 0 Å². The second-order valence-electron chi connectivity index (χ2n) is 5.12. The van der Waals surface area contributed by atoms with Gasteiger partial charge in [0, 0.05) is 30.2 Å². The number of hydrogen-bond donors (Lipinski definition) is 0. The number of aromatic nitrogens is 2. The summed E-state index contributed by atoms with van der Waals surface area (Å²) in [5.41, 5.74) is 2.58. The largest absolute Gasteiger partial charge is 0.372 e. The Morgan fingerprint density at radius 2 is 1.94 bits per heavy atom. The van der Waals surface area contributed by atoms with Crippen LogP contribution in [0.1, 0.15) is 32.7 Å². The van der Waals surface area contributed by atoms with Crippen molar-refractivity contribution in [2.24, 2.45) is 0 Å². The summed E-state index contributed by atoms with van der Waals surface area (Å²) in [6, 6.07) is 7.13. The fourth-order valence-electron chi connectivity index (χ4n) is 2.62. The molecule has 0 spiro atoms. The summed E-state index contributed by atoms with van der Waals surface area (Å²) < 4.78 is 2.09. The predicted molar refractivity (Wildman–Crippen MR) is 71.6 cm³/mol. The van der Waals surface area contributed by atoms with Crippen LogP contribution in [0, 0.1) is 0 Å². The highest BCUT2D eigenvalue weighted by molar-refractivity contribution is 5.82. The van der Waals surface area contributed by atoms with Crippen molar-refractivity contribution < 1.29 is 0 Å². The zero-order valence-electron chi connectivity index (χ0n) is 10.6. The molecule has 17 heavy (non-hydrogen) atoms. The molecule has 1 fully saturated rings. The standard InChI is InChI=1S/C14H19N3/c1-11(2)17-14-6-5-13(9-12(14)10-15-17)16-7-3-4-8-16/h5-6,9-11H,3-4,7-8H2,1-2H3. The van der Waals surface area contributed by atoms with Gasteiger partial charge >= 0.3 is 0 Å². The highest BCUT2D eigenvalue weighted by atomic mass is 15.3. The van der Waals surface area contributed by atoms with Crippen LogP contribution in [0.15, 0.2) is 24.4 Å². The lowest BCUT2D eigenvalue weighted by molar-refractivity contribution is 0.551. The lowest BCUT2D eigenvalue weighted by atomic mass is 10.2. The molecule has 90 valence electrons. The van der Waals surface area contributed by atoms with Gasteiger partial charge in [0.05, 0.1) is 11.7 Å². The van der Waals surface area contributed by atoms with Gasteiger partial charge in [-0.1, -0.05) is 0 Å². The van der Waals surface area contributed by atoms with Gasteiger partial charge in [-0.05, 0) is 44.9 Å². The summed E-state index contributed by atoms with van der Waals surface area (Å²) in [5, 5.41) is 5.71. The second-order valence-corrected chi connectivity index (χ2v) is 5.12. The topological polar surface area (TPSA) is 21.1 Å². The minimum absolute atomic E-state index is 0.421. The molecule has 2 aromatic rings. The number of benzene rings is 1. The summed E-state index contributed by atoms with van der Waals surface area (Å²) >= 11 is 0. The predicted octanol–water partition coefficient (Wildman–Crippen LogP) is 3.22. The minimum Gasteiger partial charge on any atom is -0.372 e. The third-order valence-electron chi connectivity index (χ3n) is 3.54. The molecular formula is C14H19N3. The van der Waals surface area contributed by atoms with E-state index in [0.717, 1.165) is 0 Å². The zero-order chi connectivity index (χ0) is 11.8. The van der Waals surface area contributed by atoms with E-state index in [1.807, 2.05) is 6.20 Å². The maximum Gasteiger partial charge on any atom is 0.0686 e. The fourth-order valence-corrected chi connectivity index (χ4v) is 2.62. The first-order valence-corrected chi connectivity index (χ1v) is 6.48. The molecule has 1 saturated heterocycles. The first-order chi connectivity index (χ1) is 8.25. The van der Waals surface area contributed by atoms with E-state index >= 15 is 0 Å². The molecule has 3 heteroatoms. The van der Waals surface area contributed by atoms with E-state index in [9.17, 15) is 0 Å². The maximum atomic E-state index is 4.46. The monoisotopic (exact) mass is 229 g/mol. The SMILES string of the molecule is CC(C)n1ncc2cc(N3CCCC3)ccc21. The van der Waals surface area contributed by atoms with E-state index in [1.54, 1.807) is 0 Å². The summed E-state index contributed by atoms with van der Waals surface area (Å²) in [5.74, 6) is 0. The molecule has 1 aliphatic rings. The first kappa shape index (κ1) is 10.6. The van der Waals surface area contributed by atoms with Crippen LogP contribution < -0.4 is 4.90 Å². The Hall–Kier alpha value is -1.51. The molecule has 0 bridgehead atoms. The molecule has 0 unspecified atom stereocenters. The smallest absolute Gasteiger partial charge is 0.0686 e. The van der Waals surface area contributed by atoms with Crippen molar-refractivity contribution in [3.63, 3.8) is 0 Å². The molecule has 1 aromatic carbocycles. The van der Waals surface area contributed by atoms with Crippen LogP contribution in [0.4, 0.5) is 5.69 Å². The number of nitrogens with zero attached hydrogens (tertiary/aromatic N) is 3. The quantitative estimate of drug-likeness (QED) is 0.788. The first-order valence-electron chi connectivity index (χ1n) is 6.48. The Labute approximate surface area is 102 Å². The molecule has 1 aliphatic heterocycles. The van der Waals surface area contributed by atoms with Crippen LogP contribution in [-0.4, -0.2) is 22.9 Å². The van der Waals surface area contributed by atoms with Crippen LogP contribution >= 0.6 is 0 Å². The van der Waals surface area contributed by atoms with Gasteiger partial charge in [-0.2, -0.15) is 5.10 Å². The summed E-state index contributed by atoms with van der Waals surface area (Å²) in [7, 11) is 0. The van der Waals surface area contributed by atoms with Gasteiger partial charge in [-0.25, -0.2) is 0 Å². The third kappa shape index (κ3) is 1.79. The molecule has 3 nitrogen and oxygen atoms in total. The molecule has 0 aliphatic carbocycles. The Morgan fingerprint density at radius 1 is 1.18 bits per heavy atom. The number of rotatable bonds is 2. The van der Waals surface area contributed by atoms with Gasteiger partial charge in [0.1, 0.15) is 0 Å². The van der Waals surface area contributed by atoms with Crippen LogP contribution in [0.5, 0.6) is 0 Å². The average molecular weight is 229 g/mol. The molecule has 0 amide bonds. The Kier molecular flexibility index (Phi) is 2.54. The van der Waals surface area contributed by atoms with E-state index in [0.29, 0.717) is 6.04 Å². The summed E-state index contributed by atoms with van der Waals surface area (Å²) in [6.07, 6.45) is 4.63. The van der Waals surface area contributed by atoms with Gasteiger partial charge in [-0.3, -0.25) is 4.68 Å². The summed E-state index contributed by atoms with van der Waals surface area (Å²) in [4.78, 5) is 2.46. The molecule has 0 N–H and O–H groups in total. The van der Waals surface area contributed by atoms with Gasteiger partial charge in [0.2, 0.25) is 0 Å². The zero-order valence-corrected chi connectivity index (χ0v) is 10.6. The molecular weight excluding hydrogens is 210 g/mol. The van der Waals surface area contributed by atoms with Gasteiger partial charge in [0.25, 0.3) is 0 Å². The van der Waals surface area contributed by atoms with Gasteiger partial charge in [-0.15, -0.1) is 0 Å². The van der Waals surface area contributed by atoms with Crippen molar-refractivity contribution in [3.8, 4) is 0 Å². The lowest BCUT2D eigenvalue weighted by Gasteiger charge is -2.17. The van der Waals surface area contributed by atoms with Crippen LogP contribution in [-0.2, 0) is 0 Å². The molecule has 0 saturated carbocycles. The highest BCUT2D eigenvalue weighted by Crippen LogP contribution is 2.26. The van der Waals surface area contributed by atoms with Crippen LogP contribution in [0.3, 0.4) is 0 Å². The third-order valence-corrected chi connectivity index (χ3v) is 3.54. The van der Waals surface area contributed by atoms with Crippen molar-refractivity contribution in [2.75, 3.05) is 18.0 Å². The molecule has 0 radical (unpaired) electrons. The molecule has 2 heterocycles.